The van der Waals surface area contributed by atoms with E-state index in [1.54, 1.807) is 0 Å². The monoisotopic (exact) mass is 194 g/mol. The lowest BCUT2D eigenvalue weighted by atomic mass is 9.22. The van der Waals surface area contributed by atoms with Gasteiger partial charge in [0.15, 0.2) is 0 Å². The molecule has 2 aliphatic rings. The third kappa shape index (κ3) is 0.717. The summed E-state index contributed by atoms with van der Waals surface area (Å²) in [5.41, 5.74) is 1.28. The van der Waals surface area contributed by atoms with Crippen molar-refractivity contribution < 1.29 is 0 Å². The maximum Gasteiger partial charge on any atom is -0.0205 e. The summed E-state index contributed by atoms with van der Waals surface area (Å²) in [6, 6.07) is 0. The Morgan fingerprint density at radius 3 is 1.64 bits per heavy atom. The minimum absolute atomic E-state index is 0.639. The lowest BCUT2D eigenvalue weighted by Crippen LogP contribution is -2.77. The third-order valence-electron chi connectivity index (χ3n) is 6.70. The molecule has 2 saturated carbocycles. The van der Waals surface area contributed by atoms with E-state index in [0.29, 0.717) is 10.8 Å². The quantitative estimate of drug-likeness (QED) is 0.586. The van der Waals surface area contributed by atoms with Crippen molar-refractivity contribution in [3.63, 3.8) is 0 Å². The van der Waals surface area contributed by atoms with E-state index in [1.807, 2.05) is 0 Å². The third-order valence-corrected chi connectivity index (χ3v) is 6.70. The van der Waals surface area contributed by atoms with Crippen molar-refractivity contribution in [2.75, 3.05) is 0 Å². The van der Waals surface area contributed by atoms with Gasteiger partial charge in [-0.3, -0.25) is 0 Å². The first-order chi connectivity index (χ1) is 6.29. The molecule has 0 aliphatic heterocycles. The second-order valence-corrected chi connectivity index (χ2v) is 6.70. The first kappa shape index (κ1) is 10.5. The lowest BCUT2D eigenvalue weighted by molar-refractivity contribution is -0.347. The zero-order valence-corrected chi connectivity index (χ0v) is 10.9. The highest BCUT2D eigenvalue weighted by atomic mass is 14.8. The van der Waals surface area contributed by atoms with Crippen LogP contribution in [0.1, 0.15) is 48.5 Å². The molecule has 0 N–H and O–H groups in total. The van der Waals surface area contributed by atoms with Crippen LogP contribution in [0, 0.1) is 40.4 Å². The molecule has 2 fully saturated rings. The summed E-state index contributed by atoms with van der Waals surface area (Å²) in [5.74, 6) is 4.60. The lowest BCUT2D eigenvalue weighted by Gasteiger charge is -2.82. The topological polar surface area (TPSA) is 0 Å². The molecule has 0 aromatic heterocycles. The molecule has 2 rings (SSSR count). The summed E-state index contributed by atoms with van der Waals surface area (Å²) in [6.07, 6.45) is 0. The Morgan fingerprint density at radius 2 is 1.21 bits per heavy atom. The van der Waals surface area contributed by atoms with Crippen molar-refractivity contribution in [1.29, 1.82) is 0 Å². The van der Waals surface area contributed by atoms with E-state index in [-0.39, 0.29) is 0 Å². The SMILES string of the molecule is CC(C)C1C(C)C2(C)C(C)C(C)C12C. The van der Waals surface area contributed by atoms with Gasteiger partial charge in [0, 0.05) is 0 Å². The summed E-state index contributed by atoms with van der Waals surface area (Å²) >= 11 is 0. The van der Waals surface area contributed by atoms with Crippen LogP contribution in [0.5, 0.6) is 0 Å². The maximum absolute atomic E-state index is 2.54. The van der Waals surface area contributed by atoms with Gasteiger partial charge in [-0.15, -0.1) is 0 Å². The number of hydrogen-bond acceptors (Lipinski definition) is 0. The van der Waals surface area contributed by atoms with E-state index >= 15 is 0 Å². The van der Waals surface area contributed by atoms with Crippen molar-refractivity contribution in [1.82, 2.24) is 0 Å². The van der Waals surface area contributed by atoms with Gasteiger partial charge >= 0.3 is 0 Å². The zero-order chi connectivity index (χ0) is 10.9. The number of fused-ring (bicyclic) bond motifs is 1. The molecule has 82 valence electrons. The van der Waals surface area contributed by atoms with E-state index in [1.165, 1.54) is 0 Å². The highest BCUT2D eigenvalue weighted by Crippen LogP contribution is 2.81. The minimum Gasteiger partial charge on any atom is -0.0625 e. The average molecular weight is 194 g/mol. The zero-order valence-electron chi connectivity index (χ0n) is 10.9. The molecular weight excluding hydrogens is 168 g/mol. The van der Waals surface area contributed by atoms with E-state index < -0.39 is 0 Å². The molecular formula is C14H26. The van der Waals surface area contributed by atoms with Crippen LogP contribution in [0.4, 0.5) is 0 Å². The summed E-state index contributed by atoms with van der Waals surface area (Å²) in [6.45, 7) is 17.3. The summed E-state index contributed by atoms with van der Waals surface area (Å²) in [7, 11) is 0. The predicted molar refractivity (Wildman–Crippen MR) is 62.0 cm³/mol. The molecule has 6 atom stereocenters. The van der Waals surface area contributed by atoms with E-state index in [2.05, 4.69) is 48.5 Å². The van der Waals surface area contributed by atoms with Gasteiger partial charge < -0.3 is 0 Å². The minimum atomic E-state index is 0.639. The smallest absolute Gasteiger partial charge is 0.0205 e. The summed E-state index contributed by atoms with van der Waals surface area (Å²) in [5, 5.41) is 0. The predicted octanol–water partition coefficient (Wildman–Crippen LogP) is 4.21. The van der Waals surface area contributed by atoms with Gasteiger partial charge in [0.25, 0.3) is 0 Å². The van der Waals surface area contributed by atoms with Gasteiger partial charge in [0.05, 0.1) is 0 Å². The largest absolute Gasteiger partial charge is 0.0625 e. The standard InChI is InChI=1S/C14H26/c1-8(2)12-11(5)13(6)9(3)10(4)14(12,13)7/h8-12H,1-7H3. The Kier molecular flexibility index (Phi) is 1.93. The molecule has 0 saturated heterocycles. The molecule has 0 amide bonds. The summed E-state index contributed by atoms with van der Waals surface area (Å²) in [4.78, 5) is 0. The van der Waals surface area contributed by atoms with Crippen LogP contribution in [0.25, 0.3) is 0 Å². The second kappa shape index (κ2) is 2.57. The van der Waals surface area contributed by atoms with Crippen molar-refractivity contribution in [2.45, 2.75) is 48.5 Å². The molecule has 0 spiro atoms. The fraction of sp³-hybridized carbons (Fsp3) is 1.00. The normalized spacial score (nSPS) is 61.7. The molecule has 2 aliphatic carbocycles. The van der Waals surface area contributed by atoms with Crippen LogP contribution in [0.2, 0.25) is 0 Å². The molecule has 0 nitrogen and oxygen atoms in total. The fourth-order valence-corrected chi connectivity index (χ4v) is 5.56. The molecule has 0 aromatic rings. The van der Waals surface area contributed by atoms with E-state index in [4.69, 9.17) is 0 Å². The molecule has 0 heteroatoms. The van der Waals surface area contributed by atoms with E-state index in [0.717, 1.165) is 29.6 Å². The molecule has 0 bridgehead atoms. The Balaban J connectivity index is 2.31. The number of hydrogen-bond donors (Lipinski definition) is 0. The van der Waals surface area contributed by atoms with Crippen molar-refractivity contribution >= 4 is 0 Å². The first-order valence-corrected chi connectivity index (χ1v) is 6.29. The molecule has 0 heterocycles. The number of rotatable bonds is 1. The molecule has 0 aromatic carbocycles. The van der Waals surface area contributed by atoms with Crippen LogP contribution in [-0.2, 0) is 0 Å². The highest BCUT2D eigenvalue weighted by molar-refractivity contribution is 5.24. The average Bonchev–Trinajstić information content (AvgIpc) is 2.13. The van der Waals surface area contributed by atoms with Crippen molar-refractivity contribution in [3.8, 4) is 0 Å². The van der Waals surface area contributed by atoms with Crippen LogP contribution < -0.4 is 0 Å². The second-order valence-electron chi connectivity index (χ2n) is 6.70. The van der Waals surface area contributed by atoms with Gasteiger partial charge in [0.2, 0.25) is 0 Å². The Labute approximate surface area is 89.5 Å². The van der Waals surface area contributed by atoms with Gasteiger partial charge in [-0.05, 0) is 40.4 Å². The van der Waals surface area contributed by atoms with Gasteiger partial charge in [-0.2, -0.15) is 0 Å². The Morgan fingerprint density at radius 1 is 0.786 bits per heavy atom. The Hall–Kier alpha value is 0. The molecule has 0 radical (unpaired) electrons. The van der Waals surface area contributed by atoms with Crippen LogP contribution >= 0.6 is 0 Å². The fourth-order valence-electron chi connectivity index (χ4n) is 5.56. The maximum atomic E-state index is 2.54. The Bertz CT molecular complexity index is 255. The van der Waals surface area contributed by atoms with Crippen molar-refractivity contribution in [3.05, 3.63) is 0 Å². The van der Waals surface area contributed by atoms with Crippen LogP contribution in [-0.4, -0.2) is 0 Å². The highest BCUT2D eigenvalue weighted by Gasteiger charge is 2.76. The summed E-state index contributed by atoms with van der Waals surface area (Å²) < 4.78 is 0. The van der Waals surface area contributed by atoms with Crippen molar-refractivity contribution in [2.24, 2.45) is 40.4 Å². The van der Waals surface area contributed by atoms with Gasteiger partial charge in [-0.25, -0.2) is 0 Å². The van der Waals surface area contributed by atoms with Crippen LogP contribution in [0.3, 0.4) is 0 Å². The van der Waals surface area contributed by atoms with Gasteiger partial charge in [-0.1, -0.05) is 48.5 Å². The first-order valence-electron chi connectivity index (χ1n) is 6.29. The molecule has 14 heavy (non-hydrogen) atoms. The van der Waals surface area contributed by atoms with E-state index in [9.17, 15) is 0 Å². The van der Waals surface area contributed by atoms with Crippen LogP contribution in [0.15, 0.2) is 0 Å². The molecule has 6 unspecified atom stereocenters. The van der Waals surface area contributed by atoms with Gasteiger partial charge in [0.1, 0.15) is 0 Å².